The van der Waals surface area contributed by atoms with E-state index in [4.69, 9.17) is 0 Å². The van der Waals surface area contributed by atoms with Crippen molar-refractivity contribution in [3.8, 4) is 0 Å². The Labute approximate surface area is 126 Å². The molecule has 0 radical (unpaired) electrons. The second-order valence-electron chi connectivity index (χ2n) is 5.07. The van der Waals surface area contributed by atoms with Crippen molar-refractivity contribution in [2.45, 2.75) is 12.5 Å². The van der Waals surface area contributed by atoms with Crippen LogP contribution in [0.3, 0.4) is 0 Å². The number of fused-ring (bicyclic) bond motifs is 1. The number of rotatable bonds is 6. The van der Waals surface area contributed by atoms with E-state index in [9.17, 15) is 15.2 Å². The Morgan fingerprint density at radius 2 is 2.24 bits per heavy atom. The second kappa shape index (κ2) is 6.28. The van der Waals surface area contributed by atoms with Crippen LogP contribution in [0, 0.1) is 10.1 Å². The number of non-ortho nitro benzene ring substituents is 1. The number of thioether (sulfide) groups is 1. The molecule has 6 nitrogen and oxygen atoms in total. The zero-order valence-electron chi connectivity index (χ0n) is 11.9. The molecule has 21 heavy (non-hydrogen) atoms. The van der Waals surface area contributed by atoms with Crippen LogP contribution in [0.25, 0.3) is 10.9 Å². The van der Waals surface area contributed by atoms with Crippen LogP contribution in [0.5, 0.6) is 0 Å². The number of nitro benzene ring substituents is 1. The summed E-state index contributed by atoms with van der Waals surface area (Å²) in [6.07, 6.45) is 3.46. The summed E-state index contributed by atoms with van der Waals surface area (Å²) in [4.78, 5) is 14.7. The number of nitrogens with zero attached hydrogens (tertiary/aromatic N) is 2. The number of benzene rings is 1. The minimum absolute atomic E-state index is 0.0213. The lowest BCUT2D eigenvalue weighted by Gasteiger charge is -2.23. The summed E-state index contributed by atoms with van der Waals surface area (Å²) in [6, 6.07) is 6.59. The van der Waals surface area contributed by atoms with Crippen LogP contribution in [-0.2, 0) is 0 Å². The molecule has 2 N–H and O–H groups in total. The molecule has 1 aromatic carbocycles. The van der Waals surface area contributed by atoms with Crippen molar-refractivity contribution in [1.29, 1.82) is 0 Å². The summed E-state index contributed by atoms with van der Waals surface area (Å²) in [5.74, 6) is 0.600. The zero-order valence-corrected chi connectivity index (χ0v) is 12.7. The number of nitro groups is 1. The van der Waals surface area contributed by atoms with Crippen LogP contribution in [-0.4, -0.2) is 39.2 Å². The van der Waals surface area contributed by atoms with Crippen LogP contribution < -0.4 is 5.32 Å². The van der Waals surface area contributed by atoms with Crippen LogP contribution in [0.1, 0.15) is 6.92 Å². The van der Waals surface area contributed by atoms with Gasteiger partial charge in [-0.25, -0.2) is 4.98 Å². The molecule has 1 aromatic heterocycles. The predicted molar refractivity (Wildman–Crippen MR) is 85.9 cm³/mol. The minimum atomic E-state index is -0.851. The summed E-state index contributed by atoms with van der Waals surface area (Å²) in [5, 5.41) is 25.0. The molecule has 0 aliphatic rings. The molecule has 1 atom stereocenters. The normalized spacial score (nSPS) is 13.9. The van der Waals surface area contributed by atoms with Gasteiger partial charge in [0.05, 0.1) is 10.5 Å². The summed E-state index contributed by atoms with van der Waals surface area (Å²) in [6.45, 7) is 2.11. The van der Waals surface area contributed by atoms with Crippen molar-refractivity contribution in [3.63, 3.8) is 0 Å². The molecule has 0 fully saturated rings. The van der Waals surface area contributed by atoms with Gasteiger partial charge in [0, 0.05) is 35.6 Å². The maximum Gasteiger partial charge on any atom is 0.295 e. The Kier molecular flexibility index (Phi) is 4.64. The van der Waals surface area contributed by atoms with E-state index in [1.165, 1.54) is 12.3 Å². The average Bonchev–Trinajstić information content (AvgIpc) is 2.44. The maximum atomic E-state index is 11.0. The number of aromatic nitrogens is 1. The highest BCUT2D eigenvalue weighted by Crippen LogP contribution is 2.30. The number of anilines is 1. The van der Waals surface area contributed by atoms with Crippen molar-refractivity contribution >= 4 is 34.0 Å². The summed E-state index contributed by atoms with van der Waals surface area (Å²) >= 11 is 1.56. The van der Waals surface area contributed by atoms with Gasteiger partial charge in [0.25, 0.3) is 5.69 Å². The highest BCUT2D eigenvalue weighted by atomic mass is 32.2. The Bertz CT molecular complexity index is 661. The molecule has 0 aliphatic heterocycles. The first kappa shape index (κ1) is 15.5. The number of pyridine rings is 1. The van der Waals surface area contributed by atoms with Crippen molar-refractivity contribution < 1.29 is 10.0 Å². The van der Waals surface area contributed by atoms with Crippen molar-refractivity contribution in [1.82, 2.24) is 4.98 Å². The van der Waals surface area contributed by atoms with Gasteiger partial charge in [-0.1, -0.05) is 0 Å². The van der Waals surface area contributed by atoms with Crippen LogP contribution in [0.15, 0.2) is 30.5 Å². The first-order valence-corrected chi connectivity index (χ1v) is 7.81. The fourth-order valence-electron chi connectivity index (χ4n) is 2.11. The van der Waals surface area contributed by atoms with Crippen molar-refractivity contribution in [2.24, 2.45) is 0 Å². The number of nitrogens with one attached hydrogen (secondary N) is 1. The Hall–Kier alpha value is -1.86. The van der Waals surface area contributed by atoms with E-state index in [0.717, 1.165) is 5.69 Å². The van der Waals surface area contributed by atoms with Gasteiger partial charge in [-0.3, -0.25) is 10.1 Å². The van der Waals surface area contributed by atoms with Gasteiger partial charge in [-0.15, -0.1) is 0 Å². The van der Waals surface area contributed by atoms with Crippen LogP contribution in [0.2, 0.25) is 0 Å². The van der Waals surface area contributed by atoms with Crippen molar-refractivity contribution in [3.05, 3.63) is 40.6 Å². The smallest absolute Gasteiger partial charge is 0.295 e. The third kappa shape index (κ3) is 3.62. The van der Waals surface area contributed by atoms with Gasteiger partial charge >= 0.3 is 0 Å². The summed E-state index contributed by atoms with van der Waals surface area (Å²) in [7, 11) is 0. The minimum Gasteiger partial charge on any atom is -0.387 e. The third-order valence-electron chi connectivity index (χ3n) is 3.06. The first-order valence-electron chi connectivity index (χ1n) is 6.42. The van der Waals surface area contributed by atoms with E-state index in [-0.39, 0.29) is 5.69 Å². The first-order chi connectivity index (χ1) is 9.94. The molecule has 0 saturated heterocycles. The molecule has 1 unspecified atom stereocenters. The van der Waals surface area contributed by atoms with Crippen molar-refractivity contribution in [2.75, 3.05) is 23.9 Å². The lowest BCUT2D eigenvalue weighted by atomic mass is 10.1. The summed E-state index contributed by atoms with van der Waals surface area (Å²) in [5.41, 5.74) is 0.199. The van der Waals surface area contributed by atoms with Gasteiger partial charge in [-0.2, -0.15) is 11.8 Å². The van der Waals surface area contributed by atoms with E-state index >= 15 is 0 Å². The molecule has 0 saturated carbocycles. The van der Waals surface area contributed by atoms with Gasteiger partial charge in [0.15, 0.2) is 0 Å². The molecule has 2 rings (SSSR count). The number of aliphatic hydroxyl groups is 1. The second-order valence-corrected chi connectivity index (χ2v) is 5.94. The molecule has 0 aliphatic carbocycles. The zero-order chi connectivity index (χ0) is 15.5. The largest absolute Gasteiger partial charge is 0.387 e. The lowest BCUT2D eigenvalue weighted by Crippen LogP contribution is -2.36. The Morgan fingerprint density at radius 3 is 2.90 bits per heavy atom. The molecule has 0 spiro atoms. The molecule has 0 amide bonds. The molecule has 0 bridgehead atoms. The van der Waals surface area contributed by atoms with E-state index < -0.39 is 10.5 Å². The SMILES string of the molecule is CSCC(C)(O)CNc1ccc([N+](=O)[O-])c2ncccc12. The Balaban J connectivity index is 2.34. The van der Waals surface area contributed by atoms with Crippen LogP contribution >= 0.6 is 11.8 Å². The van der Waals surface area contributed by atoms with Gasteiger partial charge in [-0.05, 0) is 31.4 Å². The number of hydrogen-bond acceptors (Lipinski definition) is 6. The van der Waals surface area contributed by atoms with Gasteiger partial charge in [0.1, 0.15) is 5.52 Å². The molecule has 1 heterocycles. The topological polar surface area (TPSA) is 88.3 Å². The molecular formula is C14H17N3O3S. The monoisotopic (exact) mass is 307 g/mol. The molecule has 2 aromatic rings. The van der Waals surface area contributed by atoms with E-state index in [0.29, 0.717) is 23.2 Å². The van der Waals surface area contributed by atoms with E-state index in [1.807, 2.05) is 6.26 Å². The lowest BCUT2D eigenvalue weighted by molar-refractivity contribution is -0.383. The standard InChI is InChI=1S/C14H17N3O3S/c1-14(18,9-21-2)8-16-11-5-6-12(17(19)20)13-10(11)4-3-7-15-13/h3-7,16,18H,8-9H2,1-2H3. The highest BCUT2D eigenvalue weighted by molar-refractivity contribution is 7.98. The predicted octanol–water partition coefficient (Wildman–Crippen LogP) is 2.67. The quantitative estimate of drug-likeness (QED) is 0.630. The fraction of sp³-hybridized carbons (Fsp3) is 0.357. The van der Waals surface area contributed by atoms with E-state index in [1.54, 1.807) is 36.9 Å². The highest BCUT2D eigenvalue weighted by Gasteiger charge is 2.21. The van der Waals surface area contributed by atoms with Gasteiger partial charge < -0.3 is 10.4 Å². The molecule has 112 valence electrons. The summed E-state index contributed by atoms with van der Waals surface area (Å²) < 4.78 is 0. The van der Waals surface area contributed by atoms with Gasteiger partial charge in [0.2, 0.25) is 0 Å². The number of hydrogen-bond donors (Lipinski definition) is 2. The fourth-order valence-corrected chi connectivity index (χ4v) is 2.83. The molecular weight excluding hydrogens is 290 g/mol. The maximum absolute atomic E-state index is 11.0. The van der Waals surface area contributed by atoms with E-state index in [2.05, 4.69) is 10.3 Å². The average molecular weight is 307 g/mol. The van der Waals surface area contributed by atoms with Crippen LogP contribution in [0.4, 0.5) is 11.4 Å². The third-order valence-corrected chi connectivity index (χ3v) is 3.97. The Morgan fingerprint density at radius 1 is 1.48 bits per heavy atom. The molecule has 7 heteroatoms.